The number of para-hydroxylation sites is 2. The summed E-state index contributed by atoms with van der Waals surface area (Å²) >= 11 is 0. The van der Waals surface area contributed by atoms with Crippen LogP contribution in [0.25, 0.3) is 0 Å². The average Bonchev–Trinajstić information content (AvgIpc) is 2.27. The van der Waals surface area contributed by atoms with E-state index >= 15 is 0 Å². The van der Waals surface area contributed by atoms with Crippen LogP contribution in [0.5, 0.6) is 5.75 Å². The van der Waals surface area contributed by atoms with Gasteiger partial charge in [0.15, 0.2) is 0 Å². The van der Waals surface area contributed by atoms with Gasteiger partial charge >= 0.3 is 0 Å². The van der Waals surface area contributed by atoms with Gasteiger partial charge in [-0.3, -0.25) is 0 Å². The third kappa shape index (κ3) is 3.72. The van der Waals surface area contributed by atoms with Gasteiger partial charge < -0.3 is 20.3 Å². The summed E-state index contributed by atoms with van der Waals surface area (Å²) < 4.78 is 5.61. The monoisotopic (exact) mass is 225 g/mol. The van der Waals surface area contributed by atoms with E-state index in [0.717, 1.165) is 11.4 Å². The van der Waals surface area contributed by atoms with Crippen molar-refractivity contribution in [3.8, 4) is 5.75 Å². The summed E-state index contributed by atoms with van der Waals surface area (Å²) in [4.78, 5) is 0. The first-order valence-electron chi connectivity index (χ1n) is 5.41. The average molecular weight is 225 g/mol. The highest BCUT2D eigenvalue weighted by Crippen LogP contribution is 2.25. The van der Waals surface area contributed by atoms with Gasteiger partial charge in [0.2, 0.25) is 0 Å². The van der Waals surface area contributed by atoms with E-state index in [-0.39, 0.29) is 25.4 Å². The molecule has 0 bridgehead atoms. The molecule has 0 radical (unpaired) electrons. The molecule has 0 saturated heterocycles. The molecule has 0 fully saturated rings. The maximum Gasteiger partial charge on any atom is 0.142 e. The molecule has 0 amide bonds. The van der Waals surface area contributed by atoms with Crippen molar-refractivity contribution in [3.63, 3.8) is 0 Å². The summed E-state index contributed by atoms with van der Waals surface area (Å²) in [5, 5.41) is 21.0. The van der Waals surface area contributed by atoms with Crippen molar-refractivity contribution in [2.75, 3.05) is 18.5 Å². The smallest absolute Gasteiger partial charge is 0.142 e. The van der Waals surface area contributed by atoms with Crippen LogP contribution in [0.15, 0.2) is 24.3 Å². The third-order valence-corrected chi connectivity index (χ3v) is 2.05. The van der Waals surface area contributed by atoms with Gasteiger partial charge in [0, 0.05) is 0 Å². The second-order valence-corrected chi connectivity index (χ2v) is 3.87. The highest BCUT2D eigenvalue weighted by atomic mass is 16.5. The maximum atomic E-state index is 9.00. The Labute approximate surface area is 95.9 Å². The van der Waals surface area contributed by atoms with Crippen LogP contribution in [0.2, 0.25) is 0 Å². The van der Waals surface area contributed by atoms with Crippen LogP contribution in [0, 0.1) is 0 Å². The lowest BCUT2D eigenvalue weighted by Crippen LogP contribution is -2.28. The minimum atomic E-state index is -0.364. The van der Waals surface area contributed by atoms with E-state index in [1.165, 1.54) is 0 Å². The quantitative estimate of drug-likeness (QED) is 0.681. The Kier molecular flexibility index (Phi) is 5.08. The molecule has 0 aromatic heterocycles. The number of hydrogen-bond donors (Lipinski definition) is 3. The summed E-state index contributed by atoms with van der Waals surface area (Å²) in [6, 6.07) is 7.11. The van der Waals surface area contributed by atoms with Crippen LogP contribution in [-0.4, -0.2) is 35.6 Å². The van der Waals surface area contributed by atoms with E-state index < -0.39 is 0 Å². The number of rotatable bonds is 6. The molecule has 0 saturated carbocycles. The van der Waals surface area contributed by atoms with Crippen LogP contribution in [0.3, 0.4) is 0 Å². The Morgan fingerprint density at radius 2 is 1.81 bits per heavy atom. The van der Waals surface area contributed by atoms with Gasteiger partial charge in [-0.25, -0.2) is 0 Å². The van der Waals surface area contributed by atoms with E-state index in [0.29, 0.717) is 0 Å². The summed E-state index contributed by atoms with van der Waals surface area (Å²) in [5.74, 6) is 0.726. The third-order valence-electron chi connectivity index (χ3n) is 2.05. The molecule has 0 unspecified atom stereocenters. The van der Waals surface area contributed by atoms with E-state index in [9.17, 15) is 0 Å². The van der Waals surface area contributed by atoms with Gasteiger partial charge in [-0.15, -0.1) is 0 Å². The summed E-state index contributed by atoms with van der Waals surface area (Å²) in [6.07, 6.45) is 0.0876. The van der Waals surface area contributed by atoms with Crippen LogP contribution in [-0.2, 0) is 0 Å². The molecule has 3 N–H and O–H groups in total. The first-order chi connectivity index (χ1) is 7.67. The van der Waals surface area contributed by atoms with Gasteiger partial charge in [0.05, 0.1) is 31.0 Å². The fourth-order valence-electron chi connectivity index (χ4n) is 1.31. The van der Waals surface area contributed by atoms with Gasteiger partial charge in [-0.2, -0.15) is 0 Å². The van der Waals surface area contributed by atoms with Crippen molar-refractivity contribution in [1.82, 2.24) is 0 Å². The molecule has 4 heteroatoms. The zero-order chi connectivity index (χ0) is 12.0. The summed E-state index contributed by atoms with van der Waals surface area (Å²) in [6.45, 7) is 3.66. The van der Waals surface area contributed by atoms with Crippen LogP contribution < -0.4 is 10.1 Å². The fourth-order valence-corrected chi connectivity index (χ4v) is 1.31. The lowest BCUT2D eigenvalue weighted by molar-refractivity contribution is 0.203. The van der Waals surface area contributed by atoms with Crippen molar-refractivity contribution in [2.45, 2.75) is 26.0 Å². The number of hydrogen-bond acceptors (Lipinski definition) is 4. The van der Waals surface area contributed by atoms with Crippen molar-refractivity contribution in [3.05, 3.63) is 24.3 Å². The Bertz CT molecular complexity index is 311. The Morgan fingerprint density at radius 3 is 2.38 bits per heavy atom. The minimum absolute atomic E-state index is 0.0876. The molecule has 1 rings (SSSR count). The number of aliphatic hydroxyl groups excluding tert-OH is 2. The van der Waals surface area contributed by atoms with Gasteiger partial charge in [-0.1, -0.05) is 12.1 Å². The van der Waals surface area contributed by atoms with Gasteiger partial charge in [-0.05, 0) is 26.0 Å². The lowest BCUT2D eigenvalue weighted by atomic mass is 10.2. The number of nitrogens with one attached hydrogen (secondary N) is 1. The molecule has 0 aliphatic rings. The lowest BCUT2D eigenvalue weighted by Gasteiger charge is -2.19. The molecule has 4 nitrogen and oxygen atoms in total. The second kappa shape index (κ2) is 6.35. The minimum Gasteiger partial charge on any atom is -0.489 e. The molecule has 0 heterocycles. The summed E-state index contributed by atoms with van der Waals surface area (Å²) in [7, 11) is 0. The predicted octanol–water partition coefficient (Wildman–Crippen LogP) is 1.24. The number of aliphatic hydroxyl groups is 2. The first-order valence-corrected chi connectivity index (χ1v) is 5.41. The van der Waals surface area contributed by atoms with E-state index in [1.54, 1.807) is 0 Å². The van der Waals surface area contributed by atoms with E-state index in [2.05, 4.69) is 5.32 Å². The molecule has 1 aromatic carbocycles. The fraction of sp³-hybridized carbons (Fsp3) is 0.500. The number of benzene rings is 1. The van der Waals surface area contributed by atoms with Crippen molar-refractivity contribution < 1.29 is 14.9 Å². The molecule has 0 spiro atoms. The largest absolute Gasteiger partial charge is 0.489 e. The molecule has 90 valence electrons. The predicted molar refractivity (Wildman–Crippen MR) is 63.8 cm³/mol. The SMILES string of the molecule is CC(C)Oc1ccccc1NC(CO)CO. The van der Waals surface area contributed by atoms with E-state index in [4.69, 9.17) is 14.9 Å². The van der Waals surface area contributed by atoms with Crippen LogP contribution >= 0.6 is 0 Å². The van der Waals surface area contributed by atoms with Crippen molar-refractivity contribution in [2.24, 2.45) is 0 Å². The van der Waals surface area contributed by atoms with Crippen LogP contribution in [0.4, 0.5) is 5.69 Å². The van der Waals surface area contributed by atoms with Crippen molar-refractivity contribution in [1.29, 1.82) is 0 Å². The van der Waals surface area contributed by atoms with Crippen LogP contribution in [0.1, 0.15) is 13.8 Å². The normalized spacial score (nSPS) is 10.9. The maximum absolute atomic E-state index is 9.00. The highest BCUT2D eigenvalue weighted by molar-refractivity contribution is 5.56. The first kappa shape index (κ1) is 12.8. The molecule has 1 aromatic rings. The zero-order valence-corrected chi connectivity index (χ0v) is 9.68. The standard InChI is InChI=1S/C12H19NO3/c1-9(2)16-12-6-4-3-5-11(12)13-10(7-14)8-15/h3-6,9-10,13-15H,7-8H2,1-2H3. The zero-order valence-electron chi connectivity index (χ0n) is 9.68. The topological polar surface area (TPSA) is 61.7 Å². The Hall–Kier alpha value is -1.26. The van der Waals surface area contributed by atoms with Gasteiger partial charge in [0.25, 0.3) is 0 Å². The molecular formula is C12H19NO3. The number of ether oxygens (including phenoxy) is 1. The summed E-state index contributed by atoms with van der Waals surface area (Å²) in [5.41, 5.74) is 0.782. The molecule has 16 heavy (non-hydrogen) atoms. The van der Waals surface area contributed by atoms with E-state index in [1.807, 2.05) is 38.1 Å². The van der Waals surface area contributed by atoms with Gasteiger partial charge in [0.1, 0.15) is 5.75 Å². The Morgan fingerprint density at radius 1 is 1.19 bits per heavy atom. The highest BCUT2D eigenvalue weighted by Gasteiger charge is 2.09. The molecule has 0 aliphatic carbocycles. The van der Waals surface area contributed by atoms with Crippen molar-refractivity contribution >= 4 is 5.69 Å². The molecular weight excluding hydrogens is 206 g/mol. The number of anilines is 1. The second-order valence-electron chi connectivity index (χ2n) is 3.87. The molecule has 0 aliphatic heterocycles. The Balaban J connectivity index is 2.77. The molecule has 0 atom stereocenters.